The van der Waals surface area contributed by atoms with Crippen molar-refractivity contribution in [2.45, 2.75) is 50.6 Å². The van der Waals surface area contributed by atoms with E-state index < -0.39 is 34.3 Å². The van der Waals surface area contributed by atoms with Crippen LogP contribution in [0.15, 0.2) is 112 Å². The fourth-order valence-electron chi connectivity index (χ4n) is 4.87. The Balaban J connectivity index is 1.78. The third kappa shape index (κ3) is 9.25. The van der Waals surface area contributed by atoms with Gasteiger partial charge in [-0.15, -0.1) is 0 Å². The molecule has 1 atom stereocenters. The average molecular weight is 695 g/mol. The van der Waals surface area contributed by atoms with Gasteiger partial charge in [-0.1, -0.05) is 89.4 Å². The Morgan fingerprint density at radius 1 is 0.889 bits per heavy atom. The highest BCUT2D eigenvalue weighted by Crippen LogP contribution is 2.26. The Morgan fingerprint density at radius 3 is 2.20 bits per heavy atom. The number of sulfonamides is 1. The molecule has 0 aromatic heterocycles. The number of hydrogen-bond acceptors (Lipinski definition) is 4. The minimum Gasteiger partial charge on any atom is -0.354 e. The molecule has 45 heavy (non-hydrogen) atoms. The number of amides is 2. The molecule has 2 amide bonds. The Morgan fingerprint density at radius 2 is 1.56 bits per heavy atom. The average Bonchev–Trinajstić information content (AvgIpc) is 3.02. The molecule has 7 nitrogen and oxygen atoms in total. The van der Waals surface area contributed by atoms with Gasteiger partial charge in [-0.05, 0) is 73.0 Å². The summed E-state index contributed by atoms with van der Waals surface area (Å²) in [6.07, 6.45) is 1.88. The fraction of sp³-hybridized carbons (Fsp3) is 0.257. The first-order chi connectivity index (χ1) is 21.6. The van der Waals surface area contributed by atoms with Crippen molar-refractivity contribution in [2.24, 2.45) is 0 Å². The molecular weight excluding hydrogens is 657 g/mol. The van der Waals surface area contributed by atoms with Gasteiger partial charge in [0, 0.05) is 24.0 Å². The molecule has 0 bridgehead atoms. The third-order valence-corrected chi connectivity index (χ3v) is 9.63. The summed E-state index contributed by atoms with van der Waals surface area (Å²) >= 11 is 3.48. The smallest absolute Gasteiger partial charge is 0.264 e. The largest absolute Gasteiger partial charge is 0.354 e. The maximum Gasteiger partial charge on any atom is 0.264 e. The molecular formula is C35H37BrFN3O4S. The van der Waals surface area contributed by atoms with Crippen molar-refractivity contribution < 1.29 is 22.4 Å². The first kappa shape index (κ1) is 33.9. The zero-order chi connectivity index (χ0) is 32.4. The zero-order valence-electron chi connectivity index (χ0n) is 25.3. The van der Waals surface area contributed by atoms with Gasteiger partial charge in [0.25, 0.3) is 10.0 Å². The summed E-state index contributed by atoms with van der Waals surface area (Å²) < 4.78 is 43.8. The monoisotopic (exact) mass is 693 g/mol. The van der Waals surface area contributed by atoms with E-state index in [9.17, 15) is 22.4 Å². The van der Waals surface area contributed by atoms with E-state index in [1.807, 2.05) is 68.4 Å². The number of carbonyl (C=O) groups is 2. The lowest BCUT2D eigenvalue weighted by Gasteiger charge is -2.34. The van der Waals surface area contributed by atoms with Crippen molar-refractivity contribution in [3.8, 4) is 0 Å². The van der Waals surface area contributed by atoms with Gasteiger partial charge < -0.3 is 10.2 Å². The van der Waals surface area contributed by atoms with E-state index in [0.29, 0.717) is 6.54 Å². The predicted octanol–water partition coefficient (Wildman–Crippen LogP) is 6.65. The second-order valence-corrected chi connectivity index (χ2v) is 13.6. The van der Waals surface area contributed by atoms with Crippen LogP contribution >= 0.6 is 15.9 Å². The zero-order valence-corrected chi connectivity index (χ0v) is 27.7. The number of hydrogen-bond donors (Lipinski definition) is 1. The first-order valence-corrected chi connectivity index (χ1v) is 17.0. The summed E-state index contributed by atoms with van der Waals surface area (Å²) in [4.78, 5) is 29.6. The van der Waals surface area contributed by atoms with E-state index in [4.69, 9.17) is 0 Å². The van der Waals surface area contributed by atoms with Crippen molar-refractivity contribution in [3.63, 3.8) is 0 Å². The van der Waals surface area contributed by atoms with Crippen molar-refractivity contribution in [1.29, 1.82) is 0 Å². The molecule has 1 unspecified atom stereocenters. The summed E-state index contributed by atoms with van der Waals surface area (Å²) in [5.41, 5.74) is 2.60. The molecule has 0 heterocycles. The number of nitrogens with zero attached hydrogens (tertiary/aromatic N) is 2. The van der Waals surface area contributed by atoms with Gasteiger partial charge >= 0.3 is 0 Å². The highest BCUT2D eigenvalue weighted by molar-refractivity contribution is 9.10. The van der Waals surface area contributed by atoms with Crippen molar-refractivity contribution in [3.05, 3.63) is 130 Å². The second kappa shape index (κ2) is 15.8. The maximum atomic E-state index is 14.4. The van der Waals surface area contributed by atoms with Crippen LogP contribution in [0.3, 0.4) is 0 Å². The molecule has 0 aliphatic carbocycles. The number of nitrogens with one attached hydrogen (secondary N) is 1. The summed E-state index contributed by atoms with van der Waals surface area (Å²) in [6, 6.07) is 27.1. The molecule has 1 N–H and O–H groups in total. The topological polar surface area (TPSA) is 86.8 Å². The molecule has 0 saturated carbocycles. The number of aryl methyl sites for hydroxylation is 1. The number of anilines is 1. The van der Waals surface area contributed by atoms with Crippen LogP contribution in [-0.2, 0) is 32.6 Å². The molecule has 0 aliphatic rings. The Hall–Kier alpha value is -4.02. The Kier molecular flexibility index (Phi) is 11.9. The molecule has 0 aliphatic heterocycles. The van der Waals surface area contributed by atoms with E-state index in [1.54, 1.807) is 12.1 Å². The lowest BCUT2D eigenvalue weighted by atomic mass is 10.0. The first-order valence-electron chi connectivity index (χ1n) is 14.8. The van der Waals surface area contributed by atoms with Gasteiger partial charge in [-0.25, -0.2) is 12.8 Å². The quantitative estimate of drug-likeness (QED) is 0.150. The van der Waals surface area contributed by atoms with Gasteiger partial charge in [0.15, 0.2) is 0 Å². The lowest BCUT2D eigenvalue weighted by molar-refractivity contribution is -0.140. The lowest BCUT2D eigenvalue weighted by Crippen LogP contribution is -2.53. The highest BCUT2D eigenvalue weighted by Gasteiger charge is 2.34. The number of rotatable bonds is 14. The van der Waals surface area contributed by atoms with E-state index in [1.165, 1.54) is 29.2 Å². The molecule has 0 fully saturated rings. The normalized spacial score (nSPS) is 11.9. The molecule has 0 saturated heterocycles. The molecule has 0 radical (unpaired) electrons. The van der Waals surface area contributed by atoms with Crippen LogP contribution in [0.1, 0.15) is 36.5 Å². The van der Waals surface area contributed by atoms with Crippen molar-refractivity contribution >= 4 is 43.5 Å². The van der Waals surface area contributed by atoms with Gasteiger partial charge in [-0.3, -0.25) is 13.9 Å². The van der Waals surface area contributed by atoms with Crippen LogP contribution in [0, 0.1) is 12.7 Å². The molecule has 0 spiro atoms. The molecule has 4 aromatic rings. The number of benzene rings is 4. The summed E-state index contributed by atoms with van der Waals surface area (Å²) in [6.45, 7) is 3.76. The van der Waals surface area contributed by atoms with Gasteiger partial charge in [0.1, 0.15) is 18.4 Å². The summed E-state index contributed by atoms with van der Waals surface area (Å²) in [5.74, 6) is -1.45. The third-order valence-electron chi connectivity index (χ3n) is 7.35. The molecule has 4 rings (SSSR count). The van der Waals surface area contributed by atoms with Gasteiger partial charge in [-0.2, -0.15) is 0 Å². The fourth-order valence-corrected chi connectivity index (χ4v) is 6.73. The number of halogens is 2. The van der Waals surface area contributed by atoms with Crippen molar-refractivity contribution in [1.82, 2.24) is 10.2 Å². The van der Waals surface area contributed by atoms with E-state index in [-0.39, 0.29) is 29.5 Å². The van der Waals surface area contributed by atoms with Crippen molar-refractivity contribution in [2.75, 3.05) is 17.4 Å². The van der Waals surface area contributed by atoms with Crippen LogP contribution < -0.4 is 9.62 Å². The van der Waals surface area contributed by atoms with E-state index >= 15 is 0 Å². The van der Waals surface area contributed by atoms with Gasteiger partial charge in [0.05, 0.1) is 10.6 Å². The Labute approximate surface area is 273 Å². The van der Waals surface area contributed by atoms with Gasteiger partial charge in [0.2, 0.25) is 11.8 Å². The molecule has 4 aromatic carbocycles. The van der Waals surface area contributed by atoms with Crippen LogP contribution in [0.4, 0.5) is 10.1 Å². The predicted molar refractivity (Wildman–Crippen MR) is 179 cm³/mol. The van der Waals surface area contributed by atoms with E-state index in [0.717, 1.165) is 50.4 Å². The Bertz CT molecular complexity index is 1680. The standard InChI is InChI=1S/C35H37BrFN3O4S/c1-3-4-21-38-35(42)33(23-27-9-6-5-7-10-27)39(24-28-11-8-12-29(36)22-28)34(41)25-40(31-17-15-30(37)16-18-31)45(43,44)32-19-13-26(2)14-20-32/h5-20,22,33H,3-4,21,23-25H2,1-2H3,(H,38,42). The molecule has 236 valence electrons. The number of carbonyl (C=O) groups excluding carboxylic acids is 2. The van der Waals surface area contributed by atoms with Crippen LogP contribution in [-0.4, -0.2) is 44.3 Å². The highest BCUT2D eigenvalue weighted by atomic mass is 79.9. The SMILES string of the molecule is CCCCNC(=O)C(Cc1ccccc1)N(Cc1cccc(Br)c1)C(=O)CN(c1ccc(F)cc1)S(=O)(=O)c1ccc(C)cc1. The summed E-state index contributed by atoms with van der Waals surface area (Å²) in [5, 5.41) is 2.97. The van der Waals surface area contributed by atoms with E-state index in [2.05, 4.69) is 21.2 Å². The van der Waals surface area contributed by atoms with Crippen LogP contribution in [0.25, 0.3) is 0 Å². The molecule has 10 heteroatoms. The summed E-state index contributed by atoms with van der Waals surface area (Å²) in [7, 11) is -4.26. The van der Waals surface area contributed by atoms with Crippen LogP contribution in [0.5, 0.6) is 0 Å². The minimum atomic E-state index is -4.26. The number of unbranched alkanes of at least 4 members (excludes halogenated alkanes) is 1. The maximum absolute atomic E-state index is 14.4. The van der Waals surface area contributed by atoms with Crippen LogP contribution in [0.2, 0.25) is 0 Å². The second-order valence-electron chi connectivity index (χ2n) is 10.8. The minimum absolute atomic E-state index is 0.0121.